The molecular formula is C14H18N2. The summed E-state index contributed by atoms with van der Waals surface area (Å²) in [5.41, 5.74) is 2.49. The van der Waals surface area contributed by atoms with Gasteiger partial charge in [-0.15, -0.1) is 0 Å². The smallest absolute Gasteiger partial charge is 0.0733 e. The summed E-state index contributed by atoms with van der Waals surface area (Å²) in [6, 6.07) is 11.1. The Balaban J connectivity index is 2.23. The first-order valence-corrected chi connectivity index (χ1v) is 5.81. The molecule has 2 nitrogen and oxygen atoms in total. The van der Waals surface area contributed by atoms with E-state index in [1.807, 2.05) is 19.3 Å². The van der Waals surface area contributed by atoms with Crippen LogP contribution in [-0.4, -0.2) is 18.1 Å². The predicted molar refractivity (Wildman–Crippen MR) is 68.6 cm³/mol. The van der Waals surface area contributed by atoms with E-state index >= 15 is 0 Å². The van der Waals surface area contributed by atoms with Crippen molar-refractivity contribution in [2.24, 2.45) is 0 Å². The molecular weight excluding hydrogens is 196 g/mol. The highest BCUT2D eigenvalue weighted by molar-refractivity contribution is 5.81. The van der Waals surface area contributed by atoms with Gasteiger partial charge in [-0.3, -0.25) is 4.98 Å². The highest BCUT2D eigenvalue weighted by Gasteiger charge is 2.03. The summed E-state index contributed by atoms with van der Waals surface area (Å²) < 4.78 is 0. The molecule has 1 heterocycles. The Bertz CT molecular complexity index is 460. The molecule has 2 aromatic rings. The zero-order valence-corrected chi connectivity index (χ0v) is 9.90. The topological polar surface area (TPSA) is 24.9 Å². The normalized spacial score (nSPS) is 12.9. The van der Waals surface area contributed by atoms with Crippen LogP contribution in [0, 0.1) is 0 Å². The Hall–Kier alpha value is -1.41. The minimum atomic E-state index is 0.555. The van der Waals surface area contributed by atoms with E-state index < -0.39 is 0 Å². The third-order valence-corrected chi connectivity index (χ3v) is 3.06. The van der Waals surface area contributed by atoms with Gasteiger partial charge in [0.25, 0.3) is 0 Å². The lowest BCUT2D eigenvalue weighted by Gasteiger charge is -2.10. The number of hydrogen-bond donors (Lipinski definition) is 1. The number of nitrogens with one attached hydrogen (secondary N) is 1. The van der Waals surface area contributed by atoms with Gasteiger partial charge >= 0.3 is 0 Å². The lowest BCUT2D eigenvalue weighted by Crippen LogP contribution is -2.21. The third kappa shape index (κ3) is 2.39. The van der Waals surface area contributed by atoms with Crippen molar-refractivity contribution in [2.75, 3.05) is 7.05 Å². The van der Waals surface area contributed by atoms with Crippen LogP contribution in [0.2, 0.25) is 0 Å². The van der Waals surface area contributed by atoms with E-state index in [2.05, 4.69) is 41.5 Å². The quantitative estimate of drug-likeness (QED) is 0.846. The number of aryl methyl sites for hydroxylation is 1. The van der Waals surface area contributed by atoms with Crippen LogP contribution in [0.4, 0.5) is 0 Å². The molecule has 1 atom stereocenters. The first-order chi connectivity index (χ1) is 7.81. The maximum Gasteiger partial charge on any atom is 0.0733 e. The van der Waals surface area contributed by atoms with Crippen LogP contribution in [0.3, 0.4) is 0 Å². The molecule has 0 spiro atoms. The summed E-state index contributed by atoms with van der Waals surface area (Å²) in [6.45, 7) is 2.21. The van der Waals surface area contributed by atoms with Crippen molar-refractivity contribution < 1.29 is 0 Å². The number of pyridine rings is 1. The summed E-state index contributed by atoms with van der Waals surface area (Å²) >= 11 is 0. The number of benzene rings is 1. The molecule has 0 saturated carbocycles. The average Bonchev–Trinajstić information content (AvgIpc) is 2.35. The van der Waals surface area contributed by atoms with Crippen LogP contribution in [0.1, 0.15) is 18.9 Å². The number of para-hydroxylation sites is 1. The van der Waals surface area contributed by atoms with Crippen LogP contribution in [-0.2, 0) is 6.42 Å². The molecule has 0 fully saturated rings. The maximum atomic E-state index is 4.46. The van der Waals surface area contributed by atoms with Crippen molar-refractivity contribution in [1.29, 1.82) is 0 Å². The Labute approximate surface area is 96.7 Å². The van der Waals surface area contributed by atoms with Crippen molar-refractivity contribution >= 4 is 10.9 Å². The minimum Gasteiger partial charge on any atom is -0.317 e. The molecule has 2 heteroatoms. The van der Waals surface area contributed by atoms with Crippen LogP contribution in [0.15, 0.2) is 36.5 Å². The van der Waals surface area contributed by atoms with Gasteiger partial charge in [0.15, 0.2) is 0 Å². The van der Waals surface area contributed by atoms with Gasteiger partial charge in [-0.25, -0.2) is 0 Å². The van der Waals surface area contributed by atoms with Gasteiger partial charge in [-0.1, -0.05) is 24.3 Å². The Morgan fingerprint density at radius 1 is 1.25 bits per heavy atom. The van der Waals surface area contributed by atoms with Crippen molar-refractivity contribution in [3.63, 3.8) is 0 Å². The van der Waals surface area contributed by atoms with Gasteiger partial charge in [0.2, 0.25) is 0 Å². The lowest BCUT2D eigenvalue weighted by molar-refractivity contribution is 0.566. The predicted octanol–water partition coefficient (Wildman–Crippen LogP) is 2.78. The molecule has 0 aliphatic heterocycles. The Morgan fingerprint density at radius 3 is 2.88 bits per heavy atom. The molecule has 0 aliphatic carbocycles. The van der Waals surface area contributed by atoms with Crippen molar-refractivity contribution in [3.8, 4) is 0 Å². The van der Waals surface area contributed by atoms with E-state index in [0.717, 1.165) is 18.4 Å². The van der Waals surface area contributed by atoms with Crippen LogP contribution < -0.4 is 5.32 Å². The molecule has 1 N–H and O–H groups in total. The molecule has 0 aliphatic rings. The fraction of sp³-hybridized carbons (Fsp3) is 0.357. The molecule has 0 saturated heterocycles. The van der Waals surface area contributed by atoms with E-state index in [1.165, 1.54) is 10.9 Å². The molecule has 0 bridgehead atoms. The van der Waals surface area contributed by atoms with Gasteiger partial charge in [-0.05, 0) is 38.4 Å². The average molecular weight is 214 g/mol. The fourth-order valence-corrected chi connectivity index (χ4v) is 1.89. The number of hydrogen-bond acceptors (Lipinski definition) is 2. The first-order valence-electron chi connectivity index (χ1n) is 5.81. The van der Waals surface area contributed by atoms with Gasteiger partial charge in [-0.2, -0.15) is 0 Å². The number of fused-ring (bicyclic) bond motifs is 1. The van der Waals surface area contributed by atoms with Gasteiger partial charge < -0.3 is 5.32 Å². The molecule has 1 aromatic carbocycles. The largest absolute Gasteiger partial charge is 0.317 e. The van der Waals surface area contributed by atoms with Crippen LogP contribution in [0.5, 0.6) is 0 Å². The van der Waals surface area contributed by atoms with E-state index in [1.54, 1.807) is 0 Å². The SMILES string of the molecule is CNC(C)CCc1cccc2cccnc12. The monoisotopic (exact) mass is 214 g/mol. The summed E-state index contributed by atoms with van der Waals surface area (Å²) in [4.78, 5) is 4.46. The zero-order chi connectivity index (χ0) is 11.4. The minimum absolute atomic E-state index is 0.555. The Morgan fingerprint density at radius 2 is 2.06 bits per heavy atom. The van der Waals surface area contributed by atoms with Gasteiger partial charge in [0, 0.05) is 17.6 Å². The molecule has 0 amide bonds. The van der Waals surface area contributed by atoms with Gasteiger partial charge in [0.1, 0.15) is 0 Å². The van der Waals surface area contributed by atoms with Crippen molar-refractivity contribution in [1.82, 2.24) is 10.3 Å². The molecule has 2 rings (SSSR count). The molecule has 16 heavy (non-hydrogen) atoms. The maximum absolute atomic E-state index is 4.46. The number of rotatable bonds is 4. The number of aromatic nitrogens is 1. The van der Waals surface area contributed by atoms with Crippen molar-refractivity contribution in [3.05, 3.63) is 42.1 Å². The van der Waals surface area contributed by atoms with Crippen LogP contribution in [0.25, 0.3) is 10.9 Å². The molecule has 0 radical (unpaired) electrons. The van der Waals surface area contributed by atoms with Crippen LogP contribution >= 0.6 is 0 Å². The summed E-state index contributed by atoms with van der Waals surface area (Å²) in [5, 5.41) is 4.50. The third-order valence-electron chi connectivity index (χ3n) is 3.06. The second kappa shape index (κ2) is 5.08. The second-order valence-electron chi connectivity index (χ2n) is 4.22. The fourth-order valence-electron chi connectivity index (χ4n) is 1.89. The lowest BCUT2D eigenvalue weighted by atomic mass is 10.0. The highest BCUT2D eigenvalue weighted by Crippen LogP contribution is 2.17. The molecule has 1 aromatic heterocycles. The summed E-state index contributed by atoms with van der Waals surface area (Å²) in [6.07, 6.45) is 4.09. The van der Waals surface area contributed by atoms with Gasteiger partial charge in [0.05, 0.1) is 5.52 Å². The number of nitrogens with zero attached hydrogens (tertiary/aromatic N) is 1. The zero-order valence-electron chi connectivity index (χ0n) is 9.90. The summed E-state index contributed by atoms with van der Waals surface area (Å²) in [7, 11) is 2.01. The van der Waals surface area contributed by atoms with E-state index in [4.69, 9.17) is 0 Å². The second-order valence-corrected chi connectivity index (χ2v) is 4.22. The van der Waals surface area contributed by atoms with E-state index in [9.17, 15) is 0 Å². The molecule has 84 valence electrons. The highest BCUT2D eigenvalue weighted by atomic mass is 14.8. The Kier molecular flexibility index (Phi) is 3.52. The van der Waals surface area contributed by atoms with E-state index in [-0.39, 0.29) is 0 Å². The standard InChI is InChI=1S/C14H18N2/c1-11(15-2)8-9-13-6-3-5-12-7-4-10-16-14(12)13/h3-7,10-11,15H,8-9H2,1-2H3. The summed E-state index contributed by atoms with van der Waals surface area (Å²) in [5.74, 6) is 0. The van der Waals surface area contributed by atoms with E-state index in [0.29, 0.717) is 6.04 Å². The van der Waals surface area contributed by atoms with Crippen molar-refractivity contribution in [2.45, 2.75) is 25.8 Å². The first kappa shape index (κ1) is 11.1. The molecule has 1 unspecified atom stereocenters.